The third kappa shape index (κ3) is 4.57. The minimum Gasteiger partial charge on any atom is -0.454 e. The number of piperazine rings is 1. The lowest BCUT2D eigenvalue weighted by Gasteiger charge is -2.34. The molecule has 1 amide bonds. The second kappa shape index (κ2) is 9.07. The molecule has 11 heteroatoms. The summed E-state index contributed by atoms with van der Waals surface area (Å²) < 4.78 is 53.3. The summed E-state index contributed by atoms with van der Waals surface area (Å²) in [6.07, 6.45) is -4.71. The van der Waals surface area contributed by atoms with Crippen molar-refractivity contribution in [3.05, 3.63) is 77.6 Å². The van der Waals surface area contributed by atoms with E-state index in [1.165, 1.54) is 11.6 Å². The summed E-state index contributed by atoms with van der Waals surface area (Å²) >= 11 is 0. The number of halogens is 3. The number of nitrogens with zero attached hydrogens (tertiary/aromatic N) is 5. The van der Waals surface area contributed by atoms with Gasteiger partial charge >= 0.3 is 6.18 Å². The lowest BCUT2D eigenvalue weighted by molar-refractivity contribution is -0.142. The zero-order valence-electron chi connectivity index (χ0n) is 19.6. The number of hydrogen-bond acceptors (Lipinski definition) is 6. The number of amides is 1. The Kier molecular flexibility index (Phi) is 5.71. The zero-order chi connectivity index (χ0) is 25.6. The van der Waals surface area contributed by atoms with Gasteiger partial charge in [0.05, 0.1) is 5.69 Å². The van der Waals surface area contributed by atoms with Gasteiger partial charge in [0.25, 0.3) is 5.91 Å². The molecular weight excluding hydrogens is 487 g/mol. The fraction of sp³-hybridized carbons (Fsp3) is 0.269. The van der Waals surface area contributed by atoms with Gasteiger partial charge in [-0.15, -0.1) is 0 Å². The lowest BCUT2D eigenvalue weighted by Crippen LogP contribution is -2.48. The number of ether oxygens (including phenoxy) is 2. The first-order chi connectivity index (χ1) is 17.8. The van der Waals surface area contributed by atoms with Gasteiger partial charge in [-0.05, 0) is 29.8 Å². The Morgan fingerprint density at radius 3 is 2.43 bits per heavy atom. The number of carbonyl (C=O) groups excluding carboxylic acids is 1. The SMILES string of the molecule is O=C(c1cc2nc(-c3ccc4c(c3)OCO4)cc(C(F)(F)F)n2n1)N1CCN(Cc2ccccc2)CC1. The number of fused-ring (bicyclic) bond motifs is 2. The molecule has 2 aliphatic heterocycles. The fourth-order valence-corrected chi connectivity index (χ4v) is 4.60. The molecule has 190 valence electrons. The van der Waals surface area contributed by atoms with Gasteiger partial charge in [0.2, 0.25) is 6.79 Å². The smallest absolute Gasteiger partial charge is 0.433 e. The first kappa shape index (κ1) is 23.3. The Morgan fingerprint density at radius 1 is 0.919 bits per heavy atom. The van der Waals surface area contributed by atoms with Gasteiger partial charge in [-0.1, -0.05) is 30.3 Å². The molecule has 0 bridgehead atoms. The molecule has 0 atom stereocenters. The summed E-state index contributed by atoms with van der Waals surface area (Å²) in [5, 5.41) is 4.02. The number of hydrogen-bond donors (Lipinski definition) is 0. The summed E-state index contributed by atoms with van der Waals surface area (Å²) in [5.74, 6) is 0.535. The van der Waals surface area contributed by atoms with Crippen LogP contribution in [-0.4, -0.2) is 63.3 Å². The summed E-state index contributed by atoms with van der Waals surface area (Å²) in [6.45, 7) is 3.07. The van der Waals surface area contributed by atoms with Crippen molar-refractivity contribution in [3.8, 4) is 22.8 Å². The van der Waals surface area contributed by atoms with Crippen molar-refractivity contribution in [2.75, 3.05) is 33.0 Å². The number of alkyl halides is 3. The number of benzene rings is 2. The Balaban J connectivity index is 1.26. The maximum atomic E-state index is 14.0. The quantitative estimate of drug-likeness (QED) is 0.413. The second-order valence-corrected chi connectivity index (χ2v) is 8.95. The van der Waals surface area contributed by atoms with Crippen LogP contribution in [0.25, 0.3) is 16.9 Å². The highest BCUT2D eigenvalue weighted by Gasteiger charge is 2.36. The first-order valence-corrected chi connectivity index (χ1v) is 11.8. The van der Waals surface area contributed by atoms with Crippen LogP contribution < -0.4 is 9.47 Å². The molecule has 4 heterocycles. The summed E-state index contributed by atoms with van der Waals surface area (Å²) in [4.78, 5) is 21.4. The highest BCUT2D eigenvalue weighted by Crippen LogP contribution is 2.37. The van der Waals surface area contributed by atoms with Crippen LogP contribution in [-0.2, 0) is 12.7 Å². The molecule has 0 aliphatic carbocycles. The molecule has 1 fully saturated rings. The Bertz CT molecular complexity index is 1460. The van der Waals surface area contributed by atoms with E-state index in [1.807, 2.05) is 18.2 Å². The van der Waals surface area contributed by atoms with Crippen LogP contribution in [0, 0.1) is 0 Å². The third-order valence-electron chi connectivity index (χ3n) is 6.51. The van der Waals surface area contributed by atoms with Crippen molar-refractivity contribution in [3.63, 3.8) is 0 Å². The maximum Gasteiger partial charge on any atom is 0.433 e. The monoisotopic (exact) mass is 509 g/mol. The van der Waals surface area contributed by atoms with E-state index in [4.69, 9.17) is 9.47 Å². The molecule has 1 saturated heterocycles. The molecule has 4 aromatic rings. The normalized spacial score (nSPS) is 15.9. The molecule has 2 aromatic carbocycles. The predicted octanol–water partition coefficient (Wildman–Crippen LogP) is 4.10. The standard InChI is InChI=1S/C26H22F3N5O3/c27-26(28,29)23-13-19(18-6-7-21-22(12-18)37-16-36-21)30-24-14-20(31-34(23)24)25(35)33-10-8-32(9-11-33)15-17-4-2-1-3-5-17/h1-7,12-14H,8-11,15-16H2. The Labute approximate surface area is 209 Å². The van der Waals surface area contributed by atoms with E-state index in [1.54, 1.807) is 23.1 Å². The van der Waals surface area contributed by atoms with Gasteiger partial charge in [0.15, 0.2) is 28.5 Å². The van der Waals surface area contributed by atoms with Crippen LogP contribution >= 0.6 is 0 Å². The number of aromatic nitrogens is 3. The molecule has 8 nitrogen and oxygen atoms in total. The average molecular weight is 509 g/mol. The predicted molar refractivity (Wildman–Crippen MR) is 127 cm³/mol. The van der Waals surface area contributed by atoms with Crippen LogP contribution in [0.5, 0.6) is 11.5 Å². The largest absolute Gasteiger partial charge is 0.454 e. The van der Waals surface area contributed by atoms with Gasteiger partial charge in [0, 0.05) is 44.4 Å². The minimum absolute atomic E-state index is 0.0493. The van der Waals surface area contributed by atoms with Gasteiger partial charge in [0.1, 0.15) is 0 Å². The van der Waals surface area contributed by atoms with E-state index in [0.717, 1.165) is 12.6 Å². The summed E-state index contributed by atoms with van der Waals surface area (Å²) in [5.41, 5.74) is 0.557. The average Bonchev–Trinajstić information content (AvgIpc) is 3.54. The molecule has 2 aromatic heterocycles. The van der Waals surface area contributed by atoms with Gasteiger partial charge < -0.3 is 14.4 Å². The summed E-state index contributed by atoms with van der Waals surface area (Å²) in [7, 11) is 0. The van der Waals surface area contributed by atoms with Crippen molar-refractivity contribution >= 4 is 11.6 Å². The van der Waals surface area contributed by atoms with Crippen molar-refractivity contribution in [1.82, 2.24) is 24.4 Å². The van der Waals surface area contributed by atoms with E-state index in [2.05, 4.69) is 27.1 Å². The van der Waals surface area contributed by atoms with Crippen molar-refractivity contribution in [1.29, 1.82) is 0 Å². The highest BCUT2D eigenvalue weighted by molar-refractivity contribution is 5.93. The van der Waals surface area contributed by atoms with Gasteiger partial charge in [-0.2, -0.15) is 18.3 Å². The Hall–Kier alpha value is -4.12. The van der Waals surface area contributed by atoms with Crippen LogP contribution in [0.2, 0.25) is 0 Å². The molecular formula is C26H22F3N5O3. The molecule has 2 aliphatic rings. The number of carbonyl (C=O) groups is 1. The number of rotatable bonds is 4. The molecule has 0 saturated carbocycles. The van der Waals surface area contributed by atoms with E-state index in [9.17, 15) is 18.0 Å². The minimum atomic E-state index is -4.71. The molecule has 0 N–H and O–H groups in total. The second-order valence-electron chi connectivity index (χ2n) is 8.95. The topological polar surface area (TPSA) is 72.2 Å². The highest BCUT2D eigenvalue weighted by atomic mass is 19.4. The van der Waals surface area contributed by atoms with E-state index >= 15 is 0 Å². The third-order valence-corrected chi connectivity index (χ3v) is 6.51. The van der Waals surface area contributed by atoms with Crippen molar-refractivity contribution < 1.29 is 27.4 Å². The van der Waals surface area contributed by atoms with E-state index in [0.29, 0.717) is 47.8 Å². The maximum absolute atomic E-state index is 14.0. The van der Waals surface area contributed by atoms with E-state index < -0.39 is 17.8 Å². The van der Waals surface area contributed by atoms with Crippen LogP contribution in [0.4, 0.5) is 13.2 Å². The Morgan fingerprint density at radius 2 is 1.68 bits per heavy atom. The lowest BCUT2D eigenvalue weighted by atomic mass is 10.1. The van der Waals surface area contributed by atoms with Crippen LogP contribution in [0.15, 0.2) is 60.7 Å². The van der Waals surface area contributed by atoms with Gasteiger partial charge in [-0.25, -0.2) is 9.50 Å². The molecule has 37 heavy (non-hydrogen) atoms. The van der Waals surface area contributed by atoms with Crippen LogP contribution in [0.3, 0.4) is 0 Å². The van der Waals surface area contributed by atoms with E-state index in [-0.39, 0.29) is 23.8 Å². The zero-order valence-corrected chi connectivity index (χ0v) is 19.6. The first-order valence-electron chi connectivity index (χ1n) is 11.8. The van der Waals surface area contributed by atoms with Crippen molar-refractivity contribution in [2.24, 2.45) is 0 Å². The molecule has 0 unspecified atom stereocenters. The molecule has 0 radical (unpaired) electrons. The molecule has 6 rings (SSSR count). The van der Waals surface area contributed by atoms with Crippen molar-refractivity contribution in [2.45, 2.75) is 12.7 Å². The molecule has 0 spiro atoms. The fourth-order valence-electron chi connectivity index (χ4n) is 4.60. The van der Waals surface area contributed by atoms with Crippen LogP contribution in [0.1, 0.15) is 21.7 Å². The van der Waals surface area contributed by atoms with Gasteiger partial charge in [-0.3, -0.25) is 9.69 Å². The summed E-state index contributed by atoms with van der Waals surface area (Å²) in [6, 6.07) is 17.1.